The zero-order chi connectivity index (χ0) is 20.0. The number of azo groups is 1. The Balaban J connectivity index is 0.000000273. The van der Waals surface area contributed by atoms with Crippen LogP contribution in [-0.2, 0) is 10.3 Å². The summed E-state index contributed by atoms with van der Waals surface area (Å²) in [5.41, 5.74) is 4.43. The minimum atomic E-state index is -2.66. The van der Waals surface area contributed by atoms with E-state index in [1.807, 2.05) is 0 Å². The van der Waals surface area contributed by atoms with Gasteiger partial charge in [-0.2, -0.15) is 8.42 Å². The number of nitrogens with zero attached hydrogens (tertiary/aromatic N) is 4. The maximum atomic E-state index is 10.0. The first-order valence-corrected chi connectivity index (χ1v) is 9.36. The summed E-state index contributed by atoms with van der Waals surface area (Å²) in [7, 11) is -2.66. The van der Waals surface area contributed by atoms with Crippen molar-refractivity contribution in [2.45, 2.75) is 59.3 Å². The first-order chi connectivity index (χ1) is 12.0. The van der Waals surface area contributed by atoms with Gasteiger partial charge in [0.1, 0.15) is 0 Å². The molecule has 9 heteroatoms. The Labute approximate surface area is 154 Å². The number of guanidine groups is 1. The molecule has 1 aromatic carbocycles. The van der Waals surface area contributed by atoms with Crippen molar-refractivity contribution in [1.29, 1.82) is 0 Å². The van der Waals surface area contributed by atoms with E-state index in [0.29, 0.717) is 17.8 Å². The Morgan fingerprint density at radius 3 is 1.42 bits per heavy atom. The quantitative estimate of drug-likeness (QED) is 0.446. The second-order valence-electron chi connectivity index (χ2n) is 6.78. The number of aliphatic imine (C=N–C) groups is 1. The van der Waals surface area contributed by atoms with E-state index in [0.717, 1.165) is 0 Å². The summed E-state index contributed by atoms with van der Waals surface area (Å²) >= 11 is 0. The third-order valence-electron chi connectivity index (χ3n) is 3.73. The zero-order valence-electron chi connectivity index (χ0n) is 15.8. The highest BCUT2D eigenvalue weighted by atomic mass is 32.2. The standard InChI is InChI=1S/C15H24.C2N4O4S/c1-10(2)13-7-14(11(3)4)9-15(8-13)12(5)6;7-6(8)1-3-2(5-4-1)11(9)10/h7-12H,1-6H3;. The van der Waals surface area contributed by atoms with Gasteiger partial charge in [-0.05, 0) is 49.5 Å². The number of rotatable bonds is 3. The predicted octanol–water partition coefficient (Wildman–Crippen LogP) is 4.11. The van der Waals surface area contributed by atoms with Crippen LogP contribution in [0.2, 0.25) is 0 Å². The average molecular weight is 380 g/mol. The minimum Gasteiger partial charge on any atom is -0.390 e. The van der Waals surface area contributed by atoms with Crippen molar-refractivity contribution in [1.82, 2.24) is 0 Å². The molecule has 0 spiro atoms. The average Bonchev–Trinajstić information content (AvgIpc) is 3.05. The highest BCUT2D eigenvalue weighted by Gasteiger charge is 2.23. The summed E-state index contributed by atoms with van der Waals surface area (Å²) in [4.78, 5) is 11.9. The molecule has 0 atom stereocenters. The van der Waals surface area contributed by atoms with Gasteiger partial charge in [-0.1, -0.05) is 59.7 Å². The van der Waals surface area contributed by atoms with Gasteiger partial charge in [0.15, 0.2) is 0 Å². The van der Waals surface area contributed by atoms with E-state index < -0.39 is 26.3 Å². The monoisotopic (exact) mass is 380 g/mol. The second kappa shape index (κ2) is 9.33. The molecule has 142 valence electrons. The third kappa shape index (κ3) is 6.14. The first-order valence-electron chi connectivity index (χ1n) is 8.28. The zero-order valence-corrected chi connectivity index (χ0v) is 16.6. The lowest BCUT2D eigenvalue weighted by Gasteiger charge is -2.16. The van der Waals surface area contributed by atoms with Crippen molar-refractivity contribution in [2.24, 2.45) is 15.2 Å². The number of nitro groups is 1. The Kier molecular flexibility index (Phi) is 7.76. The molecule has 8 nitrogen and oxygen atoms in total. The van der Waals surface area contributed by atoms with Gasteiger partial charge in [0.25, 0.3) is 10.3 Å². The van der Waals surface area contributed by atoms with Crippen molar-refractivity contribution in [3.05, 3.63) is 45.0 Å². The maximum absolute atomic E-state index is 10.0. The van der Waals surface area contributed by atoms with Crippen LogP contribution in [0.4, 0.5) is 0 Å². The second-order valence-corrected chi connectivity index (χ2v) is 7.62. The van der Waals surface area contributed by atoms with Crippen LogP contribution < -0.4 is 0 Å². The van der Waals surface area contributed by atoms with Crippen molar-refractivity contribution in [3.8, 4) is 0 Å². The fourth-order valence-electron chi connectivity index (χ4n) is 2.07. The van der Waals surface area contributed by atoms with Gasteiger partial charge in [0, 0.05) is 0 Å². The van der Waals surface area contributed by atoms with Crippen LogP contribution in [0.25, 0.3) is 0 Å². The summed E-state index contributed by atoms with van der Waals surface area (Å²) in [6, 6.07) is 7.09. The van der Waals surface area contributed by atoms with Gasteiger partial charge in [0.2, 0.25) is 0 Å². The highest BCUT2D eigenvalue weighted by Crippen LogP contribution is 2.26. The van der Waals surface area contributed by atoms with Gasteiger partial charge < -0.3 is 10.1 Å². The molecule has 1 aliphatic heterocycles. The molecule has 1 aliphatic rings. The summed E-state index contributed by atoms with van der Waals surface area (Å²) in [5.74, 6) is 1.06. The first kappa shape index (κ1) is 21.6. The predicted molar refractivity (Wildman–Crippen MR) is 102 cm³/mol. The molecule has 0 amide bonds. The maximum Gasteiger partial charge on any atom is 0.494 e. The fourth-order valence-corrected chi connectivity index (χ4v) is 2.33. The van der Waals surface area contributed by atoms with E-state index in [1.54, 1.807) is 0 Å². The van der Waals surface area contributed by atoms with E-state index in [4.69, 9.17) is 0 Å². The molecule has 0 saturated carbocycles. The van der Waals surface area contributed by atoms with Crippen molar-refractivity contribution < 1.29 is 13.3 Å². The van der Waals surface area contributed by atoms with Crippen molar-refractivity contribution >= 4 is 21.4 Å². The third-order valence-corrected chi connectivity index (χ3v) is 4.20. The molecule has 0 bridgehead atoms. The minimum absolute atomic E-state index is 0.626. The van der Waals surface area contributed by atoms with Crippen molar-refractivity contribution in [2.75, 3.05) is 0 Å². The summed E-state index contributed by atoms with van der Waals surface area (Å²) in [6.07, 6.45) is 0. The van der Waals surface area contributed by atoms with Crippen LogP contribution in [0.15, 0.2) is 33.4 Å². The fraction of sp³-hybridized carbons (Fsp3) is 0.529. The molecule has 1 heterocycles. The molecule has 26 heavy (non-hydrogen) atoms. The van der Waals surface area contributed by atoms with E-state index in [2.05, 4.69) is 75.0 Å². The molecule has 1 aromatic rings. The molecule has 0 saturated heterocycles. The molecular weight excluding hydrogens is 356 g/mol. The Morgan fingerprint density at radius 1 is 0.846 bits per heavy atom. The largest absolute Gasteiger partial charge is 0.494 e. The van der Waals surface area contributed by atoms with Crippen LogP contribution in [-0.4, -0.2) is 24.4 Å². The molecule has 0 N–H and O–H groups in total. The SMILES string of the molecule is CC(C)c1cc(C(C)C)cc(C(C)C)c1.O=[N+]([O-])C1=NC(=S(=O)=O)N=N1. The smallest absolute Gasteiger partial charge is 0.390 e. The highest BCUT2D eigenvalue weighted by molar-refractivity contribution is 7.72. The molecule has 0 aliphatic carbocycles. The lowest BCUT2D eigenvalue weighted by molar-refractivity contribution is -0.351. The van der Waals surface area contributed by atoms with E-state index in [-0.39, 0.29) is 0 Å². The van der Waals surface area contributed by atoms with E-state index in [9.17, 15) is 18.5 Å². The summed E-state index contributed by atoms with van der Waals surface area (Å²) in [6.45, 7) is 13.6. The Morgan fingerprint density at radius 2 is 1.23 bits per heavy atom. The summed E-state index contributed by atoms with van der Waals surface area (Å²) < 4.78 is 20.1. The van der Waals surface area contributed by atoms with Crippen LogP contribution in [0.5, 0.6) is 0 Å². The Bertz CT molecular complexity index is 796. The molecule has 0 aromatic heterocycles. The normalized spacial score (nSPS) is 13.1. The van der Waals surface area contributed by atoms with Gasteiger partial charge in [-0.3, -0.25) is 0 Å². The van der Waals surface area contributed by atoms with E-state index in [1.165, 1.54) is 16.7 Å². The lowest BCUT2D eigenvalue weighted by Crippen LogP contribution is -2.05. The van der Waals surface area contributed by atoms with Gasteiger partial charge in [-0.15, -0.1) is 0 Å². The molecule has 0 radical (unpaired) electrons. The van der Waals surface area contributed by atoms with E-state index >= 15 is 0 Å². The number of hydrogen-bond acceptors (Lipinski definition) is 5. The van der Waals surface area contributed by atoms with Crippen LogP contribution in [0, 0.1) is 10.1 Å². The molecule has 0 fully saturated rings. The van der Waals surface area contributed by atoms with Crippen LogP contribution >= 0.6 is 0 Å². The molecular formula is C17H24N4O4S. The van der Waals surface area contributed by atoms with Gasteiger partial charge >= 0.3 is 11.1 Å². The summed E-state index contributed by atoms with van der Waals surface area (Å²) in [5, 5.41) is 15.0. The number of benzene rings is 1. The Hall–Kier alpha value is -2.42. The molecule has 2 rings (SSSR count). The van der Waals surface area contributed by atoms with Gasteiger partial charge in [-0.25, -0.2) is 0 Å². The lowest BCUT2D eigenvalue weighted by atomic mass is 9.90. The van der Waals surface area contributed by atoms with Crippen LogP contribution in [0.3, 0.4) is 0 Å². The molecule has 0 unspecified atom stereocenters. The number of hydrogen-bond donors (Lipinski definition) is 0. The van der Waals surface area contributed by atoms with Crippen LogP contribution in [0.1, 0.15) is 76.0 Å². The topological polar surface area (TPSA) is 114 Å². The van der Waals surface area contributed by atoms with Crippen molar-refractivity contribution in [3.63, 3.8) is 0 Å². The van der Waals surface area contributed by atoms with Gasteiger partial charge in [0.05, 0.1) is 5.11 Å².